The fourth-order valence-electron chi connectivity index (χ4n) is 2.07. The van der Waals surface area contributed by atoms with Crippen molar-refractivity contribution in [3.63, 3.8) is 0 Å². The Morgan fingerprint density at radius 2 is 2.19 bits per heavy atom. The zero-order chi connectivity index (χ0) is 15.2. The molecule has 0 atom stereocenters. The van der Waals surface area contributed by atoms with Gasteiger partial charge in [0.1, 0.15) is 11.6 Å². The van der Waals surface area contributed by atoms with Crippen molar-refractivity contribution in [1.82, 2.24) is 10.2 Å². The highest BCUT2D eigenvalue weighted by atomic mass is 79.9. The normalized spacial score (nSPS) is 15.5. The number of nitriles is 1. The lowest BCUT2D eigenvalue weighted by Gasteiger charge is -2.27. The van der Waals surface area contributed by atoms with Gasteiger partial charge in [-0.05, 0) is 30.7 Å². The summed E-state index contributed by atoms with van der Waals surface area (Å²) in [4.78, 5) is 13.9. The summed E-state index contributed by atoms with van der Waals surface area (Å²) in [6, 6.07) is 7.74. The van der Waals surface area contributed by atoms with E-state index in [0.29, 0.717) is 13.1 Å². The molecule has 1 amide bonds. The second-order valence-electron chi connectivity index (χ2n) is 4.82. The van der Waals surface area contributed by atoms with Crippen molar-refractivity contribution in [2.45, 2.75) is 6.92 Å². The Morgan fingerprint density at radius 1 is 1.48 bits per heavy atom. The van der Waals surface area contributed by atoms with Gasteiger partial charge >= 0.3 is 0 Å². The van der Waals surface area contributed by atoms with Gasteiger partial charge in [0.15, 0.2) is 0 Å². The molecule has 110 valence electrons. The van der Waals surface area contributed by atoms with Gasteiger partial charge in [-0.25, -0.2) is 0 Å². The predicted molar refractivity (Wildman–Crippen MR) is 85.6 cm³/mol. The Kier molecular flexibility index (Phi) is 5.37. The average Bonchev–Trinajstić information content (AvgIpc) is 2.52. The predicted octanol–water partition coefficient (Wildman–Crippen LogP) is 2.01. The van der Waals surface area contributed by atoms with Crippen molar-refractivity contribution in [3.05, 3.63) is 40.0 Å². The lowest BCUT2D eigenvalue weighted by molar-refractivity contribution is -0.127. The largest absolute Gasteiger partial charge is 0.360 e. The van der Waals surface area contributed by atoms with Crippen LogP contribution in [0.5, 0.6) is 0 Å². The van der Waals surface area contributed by atoms with Gasteiger partial charge < -0.3 is 15.5 Å². The minimum atomic E-state index is -0.222. The number of hydrogen-bond acceptors (Lipinski definition) is 4. The lowest BCUT2D eigenvalue weighted by Crippen LogP contribution is -2.46. The van der Waals surface area contributed by atoms with Crippen LogP contribution < -0.4 is 10.6 Å². The molecular formula is C15H17BrN4O. The number of rotatable bonds is 3. The molecule has 0 bridgehead atoms. The van der Waals surface area contributed by atoms with Crippen LogP contribution in [0.1, 0.15) is 5.56 Å². The topological polar surface area (TPSA) is 68.2 Å². The fraction of sp³-hybridized carbons (Fsp3) is 0.333. The first kappa shape index (κ1) is 15.5. The number of halogens is 1. The molecule has 1 aromatic carbocycles. The quantitative estimate of drug-likeness (QED) is 0.647. The van der Waals surface area contributed by atoms with Crippen LogP contribution in [0.15, 0.2) is 34.4 Å². The van der Waals surface area contributed by atoms with Gasteiger partial charge in [0.25, 0.3) is 5.91 Å². The minimum absolute atomic E-state index is 0.123. The maximum Gasteiger partial charge on any atom is 0.266 e. The summed E-state index contributed by atoms with van der Waals surface area (Å²) in [7, 11) is 0. The standard InChI is InChI=1S/C15H17BrN4O/c1-11-8-13(2-3-14(11)16)19-10-12(9-17)15(21)20-6-4-18-5-7-20/h2-3,8,10,18-19H,4-7H2,1H3/b12-10-. The summed E-state index contributed by atoms with van der Waals surface area (Å²) in [6.45, 7) is 4.79. The van der Waals surface area contributed by atoms with E-state index >= 15 is 0 Å². The van der Waals surface area contributed by atoms with Crippen molar-refractivity contribution in [2.24, 2.45) is 0 Å². The molecule has 1 heterocycles. The molecular weight excluding hydrogens is 332 g/mol. The second kappa shape index (κ2) is 7.25. The maximum atomic E-state index is 12.2. The summed E-state index contributed by atoms with van der Waals surface area (Å²) in [6.07, 6.45) is 1.48. The third kappa shape index (κ3) is 4.06. The zero-order valence-electron chi connectivity index (χ0n) is 11.8. The number of anilines is 1. The molecule has 0 unspecified atom stereocenters. The summed E-state index contributed by atoms with van der Waals surface area (Å²) >= 11 is 3.44. The monoisotopic (exact) mass is 348 g/mol. The van der Waals surface area contributed by atoms with Crippen molar-refractivity contribution in [3.8, 4) is 6.07 Å². The van der Waals surface area contributed by atoms with Crippen LogP contribution >= 0.6 is 15.9 Å². The number of amides is 1. The number of carbonyl (C=O) groups is 1. The fourth-order valence-corrected chi connectivity index (χ4v) is 2.32. The van der Waals surface area contributed by atoms with Gasteiger partial charge in [0.05, 0.1) is 0 Å². The first-order valence-electron chi connectivity index (χ1n) is 6.75. The highest BCUT2D eigenvalue weighted by Crippen LogP contribution is 2.20. The first-order chi connectivity index (χ1) is 10.1. The van der Waals surface area contributed by atoms with E-state index in [9.17, 15) is 10.1 Å². The second-order valence-corrected chi connectivity index (χ2v) is 5.67. The van der Waals surface area contributed by atoms with E-state index in [1.165, 1.54) is 6.20 Å². The zero-order valence-corrected chi connectivity index (χ0v) is 13.4. The Balaban J connectivity index is 2.07. The summed E-state index contributed by atoms with van der Waals surface area (Å²) in [5.74, 6) is -0.222. The van der Waals surface area contributed by atoms with Gasteiger partial charge in [-0.3, -0.25) is 4.79 Å². The summed E-state index contributed by atoms with van der Waals surface area (Å²) in [5, 5.41) is 15.4. The molecule has 0 saturated carbocycles. The van der Waals surface area contributed by atoms with Crippen LogP contribution in [0, 0.1) is 18.3 Å². The first-order valence-corrected chi connectivity index (χ1v) is 7.54. The highest BCUT2D eigenvalue weighted by molar-refractivity contribution is 9.10. The van der Waals surface area contributed by atoms with Gasteiger partial charge in [-0.1, -0.05) is 15.9 Å². The maximum absolute atomic E-state index is 12.2. The molecule has 0 aromatic heterocycles. The van der Waals surface area contributed by atoms with Crippen LogP contribution in [0.25, 0.3) is 0 Å². The van der Waals surface area contributed by atoms with E-state index in [-0.39, 0.29) is 11.5 Å². The molecule has 6 heteroatoms. The molecule has 0 radical (unpaired) electrons. The van der Waals surface area contributed by atoms with Crippen LogP contribution in [0.2, 0.25) is 0 Å². The smallest absolute Gasteiger partial charge is 0.266 e. The van der Waals surface area contributed by atoms with Gasteiger partial charge in [-0.15, -0.1) is 0 Å². The molecule has 21 heavy (non-hydrogen) atoms. The van der Waals surface area contributed by atoms with Crippen molar-refractivity contribution < 1.29 is 4.79 Å². The van der Waals surface area contributed by atoms with E-state index in [2.05, 4.69) is 26.6 Å². The molecule has 1 fully saturated rings. The van der Waals surface area contributed by atoms with E-state index in [1.54, 1.807) is 4.90 Å². The number of nitrogens with one attached hydrogen (secondary N) is 2. The van der Waals surface area contributed by atoms with E-state index in [1.807, 2.05) is 31.2 Å². The van der Waals surface area contributed by atoms with Crippen molar-refractivity contribution >= 4 is 27.5 Å². The number of carbonyl (C=O) groups excluding carboxylic acids is 1. The number of nitrogens with zero attached hydrogens (tertiary/aromatic N) is 2. The third-order valence-corrected chi connectivity index (χ3v) is 4.19. The molecule has 1 saturated heterocycles. The molecule has 0 aliphatic carbocycles. The summed E-state index contributed by atoms with van der Waals surface area (Å²) < 4.78 is 1.02. The average molecular weight is 349 g/mol. The molecule has 2 N–H and O–H groups in total. The summed E-state index contributed by atoms with van der Waals surface area (Å²) in [5.41, 5.74) is 2.05. The van der Waals surface area contributed by atoms with E-state index in [0.717, 1.165) is 28.8 Å². The molecule has 2 rings (SSSR count). The Bertz CT molecular complexity index is 600. The molecule has 5 nitrogen and oxygen atoms in total. The molecule has 1 aromatic rings. The van der Waals surface area contributed by atoms with E-state index in [4.69, 9.17) is 0 Å². The lowest BCUT2D eigenvalue weighted by atomic mass is 10.2. The molecule has 0 spiro atoms. The van der Waals surface area contributed by atoms with Crippen LogP contribution in [0.4, 0.5) is 5.69 Å². The van der Waals surface area contributed by atoms with Crippen LogP contribution in [-0.2, 0) is 4.79 Å². The number of aryl methyl sites for hydroxylation is 1. The SMILES string of the molecule is Cc1cc(N/C=C(/C#N)C(=O)N2CCNCC2)ccc1Br. The van der Waals surface area contributed by atoms with E-state index < -0.39 is 0 Å². The Hall–Kier alpha value is -1.84. The van der Waals surface area contributed by atoms with Gasteiger partial charge in [0, 0.05) is 42.5 Å². The van der Waals surface area contributed by atoms with Crippen LogP contribution in [-0.4, -0.2) is 37.0 Å². The highest BCUT2D eigenvalue weighted by Gasteiger charge is 2.19. The van der Waals surface area contributed by atoms with Crippen molar-refractivity contribution in [2.75, 3.05) is 31.5 Å². The Morgan fingerprint density at radius 3 is 2.81 bits per heavy atom. The van der Waals surface area contributed by atoms with Gasteiger partial charge in [-0.2, -0.15) is 5.26 Å². The number of piperazine rings is 1. The van der Waals surface area contributed by atoms with Crippen LogP contribution in [0.3, 0.4) is 0 Å². The van der Waals surface area contributed by atoms with Gasteiger partial charge in [0.2, 0.25) is 0 Å². The Labute approximate surface area is 132 Å². The minimum Gasteiger partial charge on any atom is -0.360 e. The molecule has 1 aliphatic rings. The number of hydrogen-bond donors (Lipinski definition) is 2. The molecule has 1 aliphatic heterocycles. The number of benzene rings is 1. The van der Waals surface area contributed by atoms with Crippen molar-refractivity contribution in [1.29, 1.82) is 5.26 Å². The third-order valence-electron chi connectivity index (χ3n) is 3.30.